The van der Waals surface area contributed by atoms with Crippen molar-refractivity contribution in [1.82, 2.24) is 4.90 Å². The van der Waals surface area contributed by atoms with Crippen LogP contribution < -0.4 is 0 Å². The Morgan fingerprint density at radius 1 is 1.10 bits per heavy atom. The molecule has 158 valence electrons. The molecule has 1 heterocycles. The summed E-state index contributed by atoms with van der Waals surface area (Å²) in [5.41, 5.74) is 0.453. The summed E-state index contributed by atoms with van der Waals surface area (Å²) in [6.45, 7) is 1.48. The maximum Gasteiger partial charge on any atom is 0.310 e. The molecule has 1 N–H and O–H groups in total. The topological polar surface area (TPSA) is 66.8 Å². The van der Waals surface area contributed by atoms with Crippen LogP contribution >= 0.6 is 0 Å². The van der Waals surface area contributed by atoms with Gasteiger partial charge >= 0.3 is 11.9 Å². The minimum absolute atomic E-state index is 0.0208. The van der Waals surface area contributed by atoms with Gasteiger partial charge in [-0.05, 0) is 81.0 Å². The van der Waals surface area contributed by atoms with Gasteiger partial charge in [-0.2, -0.15) is 0 Å². The summed E-state index contributed by atoms with van der Waals surface area (Å²) < 4.78 is 18.4. The van der Waals surface area contributed by atoms with E-state index in [9.17, 15) is 19.1 Å². The number of ether oxygens (including phenoxy) is 1. The monoisotopic (exact) mass is 403 g/mol. The number of carbonyl (C=O) groups excluding carboxylic acids is 1. The van der Waals surface area contributed by atoms with E-state index in [4.69, 9.17) is 4.74 Å². The molecule has 2 saturated carbocycles. The number of halogens is 1. The van der Waals surface area contributed by atoms with Crippen molar-refractivity contribution in [3.05, 3.63) is 35.6 Å². The Morgan fingerprint density at radius 3 is 2.31 bits per heavy atom. The second-order valence-corrected chi connectivity index (χ2v) is 9.04. The van der Waals surface area contributed by atoms with Crippen molar-refractivity contribution in [3.63, 3.8) is 0 Å². The van der Waals surface area contributed by atoms with Gasteiger partial charge in [0.25, 0.3) is 0 Å². The lowest BCUT2D eigenvalue weighted by Crippen LogP contribution is -2.50. The molecule has 0 radical (unpaired) electrons. The summed E-state index contributed by atoms with van der Waals surface area (Å²) in [4.78, 5) is 26.8. The van der Waals surface area contributed by atoms with E-state index in [1.807, 2.05) is 0 Å². The van der Waals surface area contributed by atoms with Gasteiger partial charge in [-0.25, -0.2) is 4.39 Å². The van der Waals surface area contributed by atoms with Crippen LogP contribution in [0.3, 0.4) is 0 Å². The minimum atomic E-state index is -0.624. The van der Waals surface area contributed by atoms with Crippen LogP contribution in [-0.4, -0.2) is 48.2 Å². The molecule has 1 saturated heterocycles. The molecule has 0 bridgehead atoms. The fourth-order valence-corrected chi connectivity index (χ4v) is 5.72. The van der Waals surface area contributed by atoms with Gasteiger partial charge in [-0.15, -0.1) is 0 Å². The lowest BCUT2D eigenvalue weighted by molar-refractivity contribution is -0.154. The van der Waals surface area contributed by atoms with Gasteiger partial charge in [0.15, 0.2) is 0 Å². The Labute approximate surface area is 171 Å². The number of carboxylic acid groups (broad SMARTS) is 1. The Bertz CT molecular complexity index is 753. The molecule has 3 aliphatic rings. The van der Waals surface area contributed by atoms with Crippen molar-refractivity contribution < 1.29 is 23.8 Å². The Hall–Kier alpha value is -1.95. The second kappa shape index (κ2) is 8.05. The number of carboxylic acids is 1. The third-order valence-electron chi connectivity index (χ3n) is 7.59. The highest BCUT2D eigenvalue weighted by Crippen LogP contribution is 2.54. The van der Waals surface area contributed by atoms with Crippen molar-refractivity contribution in [2.45, 2.75) is 56.9 Å². The molecule has 29 heavy (non-hydrogen) atoms. The molecule has 4 rings (SSSR count). The number of benzene rings is 1. The lowest BCUT2D eigenvalue weighted by Gasteiger charge is -2.45. The van der Waals surface area contributed by atoms with Crippen molar-refractivity contribution >= 4 is 11.9 Å². The molecule has 1 aromatic rings. The molecule has 2 aliphatic carbocycles. The highest BCUT2D eigenvalue weighted by atomic mass is 19.1. The Kier molecular flexibility index (Phi) is 5.65. The number of rotatable bonds is 5. The number of nitrogens with zero attached hydrogens (tertiary/aromatic N) is 1. The van der Waals surface area contributed by atoms with E-state index < -0.39 is 11.4 Å². The fraction of sp³-hybridized carbons (Fsp3) is 0.652. The van der Waals surface area contributed by atoms with E-state index in [-0.39, 0.29) is 23.6 Å². The molecule has 5 nitrogen and oxygen atoms in total. The largest absolute Gasteiger partial charge is 0.481 e. The van der Waals surface area contributed by atoms with Gasteiger partial charge in [0.2, 0.25) is 0 Å². The predicted molar refractivity (Wildman–Crippen MR) is 106 cm³/mol. The molecular weight excluding hydrogens is 373 g/mol. The van der Waals surface area contributed by atoms with E-state index in [0.717, 1.165) is 57.1 Å². The summed E-state index contributed by atoms with van der Waals surface area (Å²) in [5.74, 6) is -1.03. The van der Waals surface area contributed by atoms with Gasteiger partial charge in [0.05, 0.1) is 18.4 Å². The van der Waals surface area contributed by atoms with Crippen molar-refractivity contribution in [2.75, 3.05) is 20.2 Å². The Morgan fingerprint density at radius 2 is 1.76 bits per heavy atom. The third kappa shape index (κ3) is 3.91. The van der Waals surface area contributed by atoms with Crippen LogP contribution in [0.15, 0.2) is 24.3 Å². The first-order chi connectivity index (χ1) is 13.9. The number of hydrogen-bond donors (Lipinski definition) is 1. The molecule has 0 spiro atoms. The zero-order chi connectivity index (χ0) is 20.6. The lowest BCUT2D eigenvalue weighted by atomic mass is 9.68. The van der Waals surface area contributed by atoms with Gasteiger partial charge in [-0.3, -0.25) is 14.5 Å². The fourth-order valence-electron chi connectivity index (χ4n) is 5.72. The molecule has 1 aliphatic heterocycles. The maximum absolute atomic E-state index is 13.3. The van der Waals surface area contributed by atoms with Gasteiger partial charge in [0, 0.05) is 12.6 Å². The van der Waals surface area contributed by atoms with Crippen LogP contribution in [0.2, 0.25) is 0 Å². The van der Waals surface area contributed by atoms with Gasteiger partial charge < -0.3 is 9.84 Å². The number of hydrogen-bond acceptors (Lipinski definition) is 4. The van der Waals surface area contributed by atoms with Crippen molar-refractivity contribution in [2.24, 2.45) is 17.3 Å². The number of methoxy groups -OCH3 is 1. The molecule has 2 atom stereocenters. The maximum atomic E-state index is 13.3. The van der Waals surface area contributed by atoms with Crippen molar-refractivity contribution in [1.29, 1.82) is 0 Å². The zero-order valence-electron chi connectivity index (χ0n) is 17.0. The van der Waals surface area contributed by atoms with Crippen molar-refractivity contribution in [3.8, 4) is 0 Å². The van der Waals surface area contributed by atoms with E-state index in [1.165, 1.54) is 19.2 Å². The number of likely N-dealkylation sites (tertiary alicyclic amines) is 1. The summed E-state index contributed by atoms with van der Waals surface area (Å²) >= 11 is 0. The van der Waals surface area contributed by atoms with E-state index in [2.05, 4.69) is 4.90 Å². The molecule has 0 aromatic heterocycles. The van der Waals surface area contributed by atoms with Crippen LogP contribution in [0.5, 0.6) is 0 Å². The first-order valence-corrected chi connectivity index (χ1v) is 10.8. The first kappa shape index (κ1) is 20.3. The van der Waals surface area contributed by atoms with Gasteiger partial charge in [-0.1, -0.05) is 12.1 Å². The second-order valence-electron chi connectivity index (χ2n) is 9.04. The molecule has 0 amide bonds. The third-order valence-corrected chi connectivity index (χ3v) is 7.59. The van der Waals surface area contributed by atoms with Crippen LogP contribution in [0.4, 0.5) is 4.39 Å². The molecule has 0 unspecified atom stereocenters. The number of carbonyl (C=O) groups is 2. The standard InChI is InChI=1S/C23H30FNO4/c1-29-21(26)20-14-25(13-10-19(20)15-2-6-17(24)7-3-15)18-8-11-23(12-9-18,22(27)28)16-4-5-16/h2-3,6-7,16,18-20H,4-5,8-14H2,1H3,(H,27,28)/t18?,19-,20+,23?/m0/s1. The minimum Gasteiger partial charge on any atom is -0.481 e. The van der Waals surface area contributed by atoms with Crippen LogP contribution in [0.25, 0.3) is 0 Å². The highest BCUT2D eigenvalue weighted by molar-refractivity contribution is 5.76. The first-order valence-electron chi connectivity index (χ1n) is 10.8. The average molecular weight is 403 g/mol. The summed E-state index contributed by atoms with van der Waals surface area (Å²) in [5, 5.41) is 9.82. The SMILES string of the molecule is COC(=O)[C@@H]1CN(C2CCC(C(=O)O)(C3CC3)CC2)CC[C@H]1c1ccc(F)cc1. The van der Waals surface area contributed by atoms with Crippen LogP contribution in [0.1, 0.15) is 56.4 Å². The summed E-state index contributed by atoms with van der Waals surface area (Å²) in [6.07, 6.45) is 6.12. The zero-order valence-corrected chi connectivity index (χ0v) is 17.0. The molecule has 1 aromatic carbocycles. The average Bonchev–Trinajstić information content (AvgIpc) is 3.59. The van der Waals surface area contributed by atoms with E-state index in [1.54, 1.807) is 12.1 Å². The van der Waals surface area contributed by atoms with Crippen LogP contribution in [0, 0.1) is 23.1 Å². The summed E-state index contributed by atoms with van der Waals surface area (Å²) in [6, 6.07) is 6.75. The molecular formula is C23H30FNO4. The molecule has 6 heteroatoms. The number of piperidine rings is 1. The summed E-state index contributed by atoms with van der Waals surface area (Å²) in [7, 11) is 1.42. The molecule has 3 fully saturated rings. The predicted octanol–water partition coefficient (Wildman–Crippen LogP) is 3.83. The van der Waals surface area contributed by atoms with Gasteiger partial charge in [0.1, 0.15) is 5.82 Å². The highest BCUT2D eigenvalue weighted by Gasteiger charge is 2.53. The normalized spacial score (nSPS) is 33.2. The van der Waals surface area contributed by atoms with Crippen LogP contribution in [-0.2, 0) is 14.3 Å². The Balaban J connectivity index is 1.45. The number of aliphatic carboxylic acids is 1. The number of esters is 1. The van der Waals surface area contributed by atoms with E-state index >= 15 is 0 Å². The quantitative estimate of drug-likeness (QED) is 0.757. The van der Waals surface area contributed by atoms with E-state index in [0.29, 0.717) is 18.5 Å². The smallest absolute Gasteiger partial charge is 0.310 e.